The van der Waals surface area contributed by atoms with Crippen molar-refractivity contribution in [2.75, 3.05) is 7.11 Å². The third kappa shape index (κ3) is 1.62. The second-order valence-electron chi connectivity index (χ2n) is 4.73. The highest BCUT2D eigenvalue weighted by molar-refractivity contribution is 6.02. The van der Waals surface area contributed by atoms with Gasteiger partial charge in [-0.15, -0.1) is 0 Å². The van der Waals surface area contributed by atoms with Crippen molar-refractivity contribution >= 4 is 21.8 Å². The number of aromatic nitrogens is 1. The summed E-state index contributed by atoms with van der Waals surface area (Å²) in [5, 5.41) is 30.2. The molecule has 0 unspecified atom stereocenters. The summed E-state index contributed by atoms with van der Waals surface area (Å²) in [6.07, 6.45) is 0. The summed E-state index contributed by atoms with van der Waals surface area (Å²) in [7, 11) is 2.97. The number of aryl methyl sites for hydroxylation is 1. The molecule has 0 atom stereocenters. The van der Waals surface area contributed by atoms with Gasteiger partial charge in [0.05, 0.1) is 23.4 Å². The Labute approximate surface area is 119 Å². The van der Waals surface area contributed by atoms with E-state index < -0.39 is 5.43 Å². The van der Waals surface area contributed by atoms with Crippen LogP contribution in [-0.2, 0) is 7.05 Å². The molecule has 1 aromatic heterocycles. The van der Waals surface area contributed by atoms with Gasteiger partial charge in [-0.2, -0.15) is 0 Å². The molecule has 0 amide bonds. The van der Waals surface area contributed by atoms with Gasteiger partial charge in [0.15, 0.2) is 11.5 Å². The summed E-state index contributed by atoms with van der Waals surface area (Å²) >= 11 is 0. The van der Waals surface area contributed by atoms with Crippen LogP contribution in [0, 0.1) is 0 Å². The Bertz CT molecular complexity index is 943. The van der Waals surface area contributed by atoms with Gasteiger partial charge in [-0.1, -0.05) is 6.07 Å². The fourth-order valence-corrected chi connectivity index (χ4v) is 2.68. The number of hydrogen-bond donors (Lipinski definition) is 3. The SMILES string of the molecule is COc1c(O)cc(O)c2c(=O)c3cccc(O)c3n(C)c12. The number of nitrogens with zero attached hydrogens (tertiary/aromatic N) is 1. The quantitative estimate of drug-likeness (QED) is 0.594. The fourth-order valence-electron chi connectivity index (χ4n) is 2.68. The summed E-state index contributed by atoms with van der Waals surface area (Å²) in [6, 6.07) is 5.65. The van der Waals surface area contributed by atoms with Crippen LogP contribution in [0.1, 0.15) is 0 Å². The van der Waals surface area contributed by atoms with Crippen molar-refractivity contribution in [2.24, 2.45) is 7.05 Å². The molecule has 3 aromatic rings. The van der Waals surface area contributed by atoms with Gasteiger partial charge in [-0.25, -0.2) is 0 Å². The summed E-state index contributed by atoms with van der Waals surface area (Å²) in [6.45, 7) is 0. The van der Waals surface area contributed by atoms with Crippen LogP contribution in [0.5, 0.6) is 23.0 Å². The lowest BCUT2D eigenvalue weighted by Gasteiger charge is -2.16. The lowest BCUT2D eigenvalue weighted by molar-refractivity contribution is 0.373. The molecule has 0 radical (unpaired) electrons. The minimum Gasteiger partial charge on any atom is -0.507 e. The van der Waals surface area contributed by atoms with E-state index in [1.54, 1.807) is 19.2 Å². The Hall–Kier alpha value is -2.89. The largest absolute Gasteiger partial charge is 0.507 e. The maximum Gasteiger partial charge on any atom is 0.201 e. The Morgan fingerprint density at radius 1 is 1.05 bits per heavy atom. The molecule has 0 fully saturated rings. The third-order valence-electron chi connectivity index (χ3n) is 3.58. The first-order valence-corrected chi connectivity index (χ1v) is 6.20. The van der Waals surface area contributed by atoms with E-state index in [9.17, 15) is 20.1 Å². The molecule has 2 aromatic carbocycles. The molecule has 0 saturated heterocycles. The predicted octanol–water partition coefficient (Wildman–Crippen LogP) is 1.82. The summed E-state index contributed by atoms with van der Waals surface area (Å²) in [5.74, 6) is -0.632. The van der Waals surface area contributed by atoms with Crippen molar-refractivity contribution < 1.29 is 20.1 Å². The standard InChI is InChI=1S/C15H13NO5/c1-16-12-7(4-3-5-8(12)17)14(20)11-9(18)6-10(19)15(21-2)13(11)16/h3-6,17-19H,1-2H3. The van der Waals surface area contributed by atoms with Gasteiger partial charge in [0, 0.05) is 13.1 Å². The van der Waals surface area contributed by atoms with Crippen LogP contribution in [0.2, 0.25) is 0 Å². The fraction of sp³-hybridized carbons (Fsp3) is 0.133. The average Bonchev–Trinajstić information content (AvgIpc) is 2.44. The van der Waals surface area contributed by atoms with Gasteiger partial charge < -0.3 is 24.6 Å². The average molecular weight is 287 g/mol. The van der Waals surface area contributed by atoms with Crippen LogP contribution in [0.15, 0.2) is 29.1 Å². The number of pyridine rings is 1. The molecule has 0 aliphatic heterocycles. The van der Waals surface area contributed by atoms with E-state index in [1.165, 1.54) is 17.7 Å². The Kier molecular flexibility index (Phi) is 2.69. The molecular formula is C15H13NO5. The van der Waals surface area contributed by atoms with Gasteiger partial charge in [0.25, 0.3) is 0 Å². The zero-order valence-electron chi connectivity index (χ0n) is 11.4. The second-order valence-corrected chi connectivity index (χ2v) is 4.73. The second kappa shape index (κ2) is 4.31. The van der Waals surface area contributed by atoms with Crippen LogP contribution >= 0.6 is 0 Å². The first-order chi connectivity index (χ1) is 9.97. The van der Waals surface area contributed by atoms with Crippen molar-refractivity contribution in [3.05, 3.63) is 34.5 Å². The molecule has 0 bridgehead atoms. The van der Waals surface area contributed by atoms with E-state index >= 15 is 0 Å². The van der Waals surface area contributed by atoms with Crippen LogP contribution in [0.4, 0.5) is 0 Å². The number of fused-ring (bicyclic) bond motifs is 2. The number of rotatable bonds is 1. The molecule has 21 heavy (non-hydrogen) atoms. The molecule has 6 heteroatoms. The molecule has 0 saturated carbocycles. The van der Waals surface area contributed by atoms with E-state index in [4.69, 9.17) is 4.74 Å². The highest BCUT2D eigenvalue weighted by Crippen LogP contribution is 2.40. The van der Waals surface area contributed by atoms with Crippen LogP contribution in [0.25, 0.3) is 21.8 Å². The molecule has 3 N–H and O–H groups in total. The van der Waals surface area contributed by atoms with Crippen molar-refractivity contribution in [1.82, 2.24) is 4.57 Å². The molecule has 3 rings (SSSR count). The number of ether oxygens (including phenoxy) is 1. The Morgan fingerprint density at radius 3 is 2.43 bits per heavy atom. The zero-order valence-corrected chi connectivity index (χ0v) is 11.4. The van der Waals surface area contributed by atoms with Gasteiger partial charge in [0.1, 0.15) is 17.0 Å². The van der Waals surface area contributed by atoms with Crippen molar-refractivity contribution in [3.63, 3.8) is 0 Å². The first-order valence-electron chi connectivity index (χ1n) is 6.20. The topological polar surface area (TPSA) is 91.9 Å². The van der Waals surface area contributed by atoms with E-state index in [1.807, 2.05) is 0 Å². The van der Waals surface area contributed by atoms with E-state index in [2.05, 4.69) is 0 Å². The van der Waals surface area contributed by atoms with Gasteiger partial charge >= 0.3 is 0 Å². The maximum absolute atomic E-state index is 12.6. The number of benzene rings is 2. The van der Waals surface area contributed by atoms with Crippen molar-refractivity contribution in [1.29, 1.82) is 0 Å². The van der Waals surface area contributed by atoms with Gasteiger partial charge in [0.2, 0.25) is 5.43 Å². The first kappa shape index (κ1) is 13.1. The van der Waals surface area contributed by atoms with Crippen LogP contribution in [0.3, 0.4) is 0 Å². The van der Waals surface area contributed by atoms with E-state index in [0.717, 1.165) is 6.07 Å². The minimum absolute atomic E-state index is 0.0326. The van der Waals surface area contributed by atoms with Gasteiger partial charge in [-0.05, 0) is 12.1 Å². The minimum atomic E-state index is -0.440. The zero-order chi connectivity index (χ0) is 15.3. The Balaban J connectivity index is 2.76. The summed E-state index contributed by atoms with van der Waals surface area (Å²) < 4.78 is 6.65. The maximum atomic E-state index is 12.6. The van der Waals surface area contributed by atoms with Gasteiger partial charge in [-0.3, -0.25) is 4.79 Å². The molecule has 108 valence electrons. The highest BCUT2D eigenvalue weighted by Gasteiger charge is 2.20. The lowest BCUT2D eigenvalue weighted by Crippen LogP contribution is -2.10. The van der Waals surface area contributed by atoms with E-state index in [-0.39, 0.29) is 39.3 Å². The highest BCUT2D eigenvalue weighted by atomic mass is 16.5. The molecule has 0 spiro atoms. The van der Waals surface area contributed by atoms with E-state index in [0.29, 0.717) is 5.52 Å². The third-order valence-corrected chi connectivity index (χ3v) is 3.58. The number of hydrogen-bond acceptors (Lipinski definition) is 5. The Morgan fingerprint density at radius 2 is 1.76 bits per heavy atom. The van der Waals surface area contributed by atoms with Crippen LogP contribution < -0.4 is 10.2 Å². The number of para-hydroxylation sites is 1. The molecule has 1 heterocycles. The molecule has 6 nitrogen and oxygen atoms in total. The molecule has 0 aliphatic carbocycles. The number of phenols is 3. The summed E-state index contributed by atoms with van der Waals surface area (Å²) in [4.78, 5) is 12.6. The number of phenolic OH excluding ortho intramolecular Hbond substituents is 3. The molecule has 0 aliphatic rings. The van der Waals surface area contributed by atoms with Crippen LogP contribution in [-0.4, -0.2) is 27.0 Å². The number of aromatic hydroxyl groups is 3. The summed E-state index contributed by atoms with van der Waals surface area (Å²) in [5.41, 5.74) is 0.0806. The predicted molar refractivity (Wildman–Crippen MR) is 78.2 cm³/mol. The smallest absolute Gasteiger partial charge is 0.201 e. The van der Waals surface area contributed by atoms with Crippen molar-refractivity contribution in [2.45, 2.75) is 0 Å². The normalized spacial score (nSPS) is 11.1. The number of methoxy groups -OCH3 is 1. The lowest BCUT2D eigenvalue weighted by atomic mass is 10.1. The monoisotopic (exact) mass is 287 g/mol. The molecular weight excluding hydrogens is 274 g/mol. The van der Waals surface area contributed by atoms with Crippen molar-refractivity contribution in [3.8, 4) is 23.0 Å².